The maximum atomic E-state index is 12.5. The van der Waals surface area contributed by atoms with Crippen LogP contribution in [0.1, 0.15) is 259 Å². The van der Waals surface area contributed by atoms with Crippen LogP contribution in [0.2, 0.25) is 0 Å². The van der Waals surface area contributed by atoms with Crippen LogP contribution in [-0.4, -0.2) is 37.2 Å². The van der Waals surface area contributed by atoms with E-state index in [0.29, 0.717) is 19.3 Å². The van der Waals surface area contributed by atoms with E-state index >= 15 is 0 Å². The summed E-state index contributed by atoms with van der Waals surface area (Å²) in [5.74, 6) is 0.0288. The fraction of sp³-hybridized carbons (Fsp3) is 0.936. The molecule has 0 bridgehead atoms. The van der Waals surface area contributed by atoms with Gasteiger partial charge in [-0.25, -0.2) is 0 Å². The van der Waals surface area contributed by atoms with Crippen molar-refractivity contribution in [2.45, 2.75) is 265 Å². The van der Waals surface area contributed by atoms with Crippen molar-refractivity contribution in [1.82, 2.24) is 0 Å². The summed E-state index contributed by atoms with van der Waals surface area (Å²) in [6, 6.07) is 0. The van der Waals surface area contributed by atoms with Gasteiger partial charge in [0, 0.05) is 19.3 Å². The lowest BCUT2D eigenvalue weighted by molar-refractivity contribution is -0.167. The van der Waals surface area contributed by atoms with Crippen LogP contribution in [0.25, 0.3) is 0 Å². The minimum absolute atomic E-state index is 0.0650. The van der Waals surface area contributed by atoms with Gasteiger partial charge < -0.3 is 14.2 Å². The summed E-state index contributed by atoms with van der Waals surface area (Å²) < 4.78 is 16.6. The summed E-state index contributed by atoms with van der Waals surface area (Å²) in [5, 5.41) is 0. The molecule has 0 aromatic rings. The second-order valence-electron chi connectivity index (χ2n) is 16.3. The molecule has 0 N–H and O–H groups in total. The average Bonchev–Trinajstić information content (AvgIpc) is 3.15. The highest BCUT2D eigenvalue weighted by atomic mass is 16.6. The van der Waals surface area contributed by atoms with E-state index in [1.807, 2.05) is 0 Å². The van der Waals surface area contributed by atoms with E-state index in [0.717, 1.165) is 70.1 Å². The van der Waals surface area contributed by atoms with Crippen molar-refractivity contribution in [2.24, 2.45) is 5.92 Å². The van der Waals surface area contributed by atoms with Crippen molar-refractivity contribution in [2.75, 3.05) is 13.2 Å². The molecule has 0 fully saturated rings. The van der Waals surface area contributed by atoms with Crippen LogP contribution in [0, 0.1) is 5.92 Å². The van der Waals surface area contributed by atoms with Crippen molar-refractivity contribution < 1.29 is 28.6 Å². The van der Waals surface area contributed by atoms with Crippen LogP contribution in [0.3, 0.4) is 0 Å². The average molecular weight is 751 g/mol. The van der Waals surface area contributed by atoms with Gasteiger partial charge >= 0.3 is 17.9 Å². The second-order valence-corrected chi connectivity index (χ2v) is 16.3. The molecular formula is C47H90O6. The quantitative estimate of drug-likeness (QED) is 0.0351. The first-order valence-corrected chi connectivity index (χ1v) is 23.4. The lowest BCUT2D eigenvalue weighted by Gasteiger charge is -2.18. The van der Waals surface area contributed by atoms with Crippen LogP contribution in [-0.2, 0) is 28.6 Å². The van der Waals surface area contributed by atoms with Gasteiger partial charge in [0.1, 0.15) is 13.2 Å². The molecule has 6 nitrogen and oxygen atoms in total. The Bertz CT molecular complexity index is 798. The third-order valence-electron chi connectivity index (χ3n) is 10.9. The molecule has 0 aromatic heterocycles. The molecule has 2 atom stereocenters. The summed E-state index contributed by atoms with van der Waals surface area (Å²) in [6.07, 6.45) is 41.1. The van der Waals surface area contributed by atoms with E-state index < -0.39 is 6.10 Å². The largest absolute Gasteiger partial charge is 0.462 e. The molecule has 53 heavy (non-hydrogen) atoms. The van der Waals surface area contributed by atoms with Gasteiger partial charge in [0.2, 0.25) is 0 Å². The number of ether oxygens (including phenoxy) is 3. The van der Waals surface area contributed by atoms with Crippen molar-refractivity contribution in [3.8, 4) is 0 Å². The Morgan fingerprint density at radius 2 is 0.660 bits per heavy atom. The number of carbonyl (C=O) groups is 3. The standard InChI is InChI=1S/C47H90O6/c1-5-8-10-12-13-14-15-21-24-27-31-34-38-45(48)51-41-44(53-47(50)40-36-29-11-9-6-2)42-52-46(49)39-35-32-28-25-22-19-17-16-18-20-23-26-30-33-37-43(4)7-3/h43-44H,5-42H2,1-4H3/t43?,44-/m0/s1. The minimum atomic E-state index is -0.757. The molecule has 1 unspecified atom stereocenters. The predicted octanol–water partition coefficient (Wildman–Crippen LogP) is 14.7. The molecule has 0 rings (SSSR count). The van der Waals surface area contributed by atoms with Crippen LogP contribution in [0.4, 0.5) is 0 Å². The lowest BCUT2D eigenvalue weighted by Crippen LogP contribution is -2.30. The molecule has 0 aromatic carbocycles. The molecule has 6 heteroatoms. The first-order chi connectivity index (χ1) is 25.9. The zero-order valence-electron chi connectivity index (χ0n) is 36.0. The fourth-order valence-electron chi connectivity index (χ4n) is 6.95. The van der Waals surface area contributed by atoms with E-state index in [9.17, 15) is 14.4 Å². The van der Waals surface area contributed by atoms with E-state index in [1.165, 1.54) is 148 Å². The molecule has 0 aliphatic rings. The highest BCUT2D eigenvalue weighted by Crippen LogP contribution is 2.17. The Morgan fingerprint density at radius 1 is 0.377 bits per heavy atom. The van der Waals surface area contributed by atoms with Gasteiger partial charge in [-0.15, -0.1) is 0 Å². The monoisotopic (exact) mass is 751 g/mol. The van der Waals surface area contributed by atoms with E-state index in [-0.39, 0.29) is 31.1 Å². The third kappa shape index (κ3) is 39.9. The smallest absolute Gasteiger partial charge is 0.306 e. The number of rotatable bonds is 42. The number of esters is 3. The molecule has 0 saturated heterocycles. The number of hydrogen-bond acceptors (Lipinski definition) is 6. The Hall–Kier alpha value is -1.59. The number of carbonyl (C=O) groups excluding carboxylic acids is 3. The Morgan fingerprint density at radius 3 is 0.981 bits per heavy atom. The SMILES string of the molecule is CCCCCCCCCCCCCCC(=O)OC[C@@H](COC(=O)CCCCCCCCCCCCCCCCC(C)CC)OC(=O)CCCCCCC. The third-order valence-corrected chi connectivity index (χ3v) is 10.9. The fourth-order valence-corrected chi connectivity index (χ4v) is 6.95. The van der Waals surface area contributed by atoms with Crippen LogP contribution in [0.5, 0.6) is 0 Å². The van der Waals surface area contributed by atoms with Gasteiger partial charge in [0.25, 0.3) is 0 Å². The maximum Gasteiger partial charge on any atom is 0.306 e. The van der Waals surface area contributed by atoms with Gasteiger partial charge in [0.05, 0.1) is 0 Å². The van der Waals surface area contributed by atoms with E-state index in [2.05, 4.69) is 27.7 Å². The molecule has 0 saturated carbocycles. The maximum absolute atomic E-state index is 12.5. The number of hydrogen-bond donors (Lipinski definition) is 0. The minimum Gasteiger partial charge on any atom is -0.462 e. The van der Waals surface area contributed by atoms with E-state index in [1.54, 1.807) is 0 Å². The zero-order valence-corrected chi connectivity index (χ0v) is 36.0. The second kappa shape index (κ2) is 41.6. The molecular weight excluding hydrogens is 661 g/mol. The van der Waals surface area contributed by atoms with Crippen LogP contribution in [0.15, 0.2) is 0 Å². The van der Waals surface area contributed by atoms with Crippen LogP contribution >= 0.6 is 0 Å². The molecule has 0 heterocycles. The Kier molecular flexibility index (Phi) is 40.3. The van der Waals surface area contributed by atoms with Gasteiger partial charge in [-0.05, 0) is 25.2 Å². The summed E-state index contributed by atoms with van der Waals surface area (Å²) in [5.41, 5.74) is 0. The first kappa shape index (κ1) is 51.4. The Balaban J connectivity index is 4.09. The van der Waals surface area contributed by atoms with Gasteiger partial charge in [-0.2, -0.15) is 0 Å². The lowest BCUT2D eigenvalue weighted by atomic mass is 9.99. The van der Waals surface area contributed by atoms with Crippen LogP contribution < -0.4 is 0 Å². The topological polar surface area (TPSA) is 78.9 Å². The molecule has 0 radical (unpaired) electrons. The summed E-state index contributed by atoms with van der Waals surface area (Å²) >= 11 is 0. The normalized spacial score (nSPS) is 12.5. The first-order valence-electron chi connectivity index (χ1n) is 23.4. The van der Waals surface area contributed by atoms with Crippen molar-refractivity contribution in [1.29, 1.82) is 0 Å². The number of unbranched alkanes of at least 4 members (excludes halogenated alkanes) is 28. The van der Waals surface area contributed by atoms with E-state index in [4.69, 9.17) is 14.2 Å². The summed E-state index contributed by atoms with van der Waals surface area (Å²) in [6.45, 7) is 8.96. The van der Waals surface area contributed by atoms with Gasteiger partial charge in [0.15, 0.2) is 6.10 Å². The molecule has 314 valence electrons. The molecule has 0 aliphatic carbocycles. The molecule has 0 spiro atoms. The van der Waals surface area contributed by atoms with Gasteiger partial charge in [-0.3, -0.25) is 14.4 Å². The summed E-state index contributed by atoms with van der Waals surface area (Å²) in [7, 11) is 0. The molecule has 0 aliphatic heterocycles. The van der Waals surface area contributed by atoms with Crippen molar-refractivity contribution in [3.63, 3.8) is 0 Å². The van der Waals surface area contributed by atoms with Crippen molar-refractivity contribution >= 4 is 17.9 Å². The highest BCUT2D eigenvalue weighted by Gasteiger charge is 2.19. The zero-order chi connectivity index (χ0) is 38.9. The Labute approximate surface area is 329 Å². The molecule has 0 amide bonds. The highest BCUT2D eigenvalue weighted by molar-refractivity contribution is 5.71. The summed E-state index contributed by atoms with van der Waals surface area (Å²) in [4.78, 5) is 37.5. The predicted molar refractivity (Wildman–Crippen MR) is 224 cm³/mol. The van der Waals surface area contributed by atoms with Gasteiger partial charge in [-0.1, -0.05) is 220 Å². The van der Waals surface area contributed by atoms with Crippen molar-refractivity contribution in [3.05, 3.63) is 0 Å².